The average molecular weight is 300 g/mol. The fourth-order valence-corrected chi connectivity index (χ4v) is 2.98. The first-order valence-corrected chi connectivity index (χ1v) is 7.26. The first kappa shape index (κ1) is 14.3. The smallest absolute Gasteiger partial charge is 0.358 e. The van der Waals surface area contributed by atoms with Gasteiger partial charge in [-0.3, -0.25) is 4.79 Å². The average Bonchev–Trinajstić information content (AvgIpc) is 2.41. The standard InChI is InChI=1S/C10H12N4O5S/c15-10-4-1-7(5-12-10)13-20(18,19)8-2-3-9(11-6-8)14(16)17/h2-3,6-7,13H,1,4-5H2,(H,12,15). The van der Waals surface area contributed by atoms with Crippen LogP contribution in [0.5, 0.6) is 0 Å². The number of rotatable bonds is 4. The van der Waals surface area contributed by atoms with Gasteiger partial charge in [0.05, 0.1) is 0 Å². The molecule has 2 heterocycles. The molecule has 1 saturated heterocycles. The monoisotopic (exact) mass is 300 g/mol. The van der Waals surface area contributed by atoms with E-state index < -0.39 is 26.8 Å². The Hall–Kier alpha value is -2.07. The Kier molecular flexibility index (Phi) is 3.95. The molecule has 108 valence electrons. The van der Waals surface area contributed by atoms with E-state index in [2.05, 4.69) is 15.0 Å². The maximum atomic E-state index is 12.0. The van der Waals surface area contributed by atoms with Gasteiger partial charge in [-0.2, -0.15) is 0 Å². The van der Waals surface area contributed by atoms with Crippen LogP contribution in [0, 0.1) is 10.1 Å². The fraction of sp³-hybridized carbons (Fsp3) is 0.400. The van der Waals surface area contributed by atoms with Gasteiger partial charge in [0.2, 0.25) is 15.9 Å². The van der Waals surface area contributed by atoms with Crippen LogP contribution < -0.4 is 10.0 Å². The molecule has 0 radical (unpaired) electrons. The molecule has 0 saturated carbocycles. The van der Waals surface area contributed by atoms with Gasteiger partial charge in [0.25, 0.3) is 0 Å². The van der Waals surface area contributed by atoms with Crippen LogP contribution in [-0.2, 0) is 14.8 Å². The third kappa shape index (κ3) is 3.27. The molecule has 0 aromatic carbocycles. The number of carbonyl (C=O) groups excluding carboxylic acids is 1. The highest BCUT2D eigenvalue weighted by Crippen LogP contribution is 2.14. The second kappa shape index (κ2) is 5.51. The van der Waals surface area contributed by atoms with Gasteiger partial charge in [-0.25, -0.2) is 13.1 Å². The molecule has 0 aliphatic carbocycles. The largest absolute Gasteiger partial charge is 0.363 e. The van der Waals surface area contributed by atoms with Gasteiger partial charge < -0.3 is 15.4 Å². The number of nitro groups is 1. The number of hydrogen-bond donors (Lipinski definition) is 2. The fourth-order valence-electron chi connectivity index (χ4n) is 1.76. The van der Waals surface area contributed by atoms with Gasteiger partial charge in [0.15, 0.2) is 6.20 Å². The zero-order valence-electron chi connectivity index (χ0n) is 10.3. The van der Waals surface area contributed by atoms with E-state index in [-0.39, 0.29) is 23.8 Å². The van der Waals surface area contributed by atoms with Crippen LogP contribution >= 0.6 is 0 Å². The van der Waals surface area contributed by atoms with Gasteiger partial charge in [-0.05, 0) is 22.4 Å². The summed E-state index contributed by atoms with van der Waals surface area (Å²) in [5.41, 5.74) is 0. The van der Waals surface area contributed by atoms with E-state index in [9.17, 15) is 23.3 Å². The summed E-state index contributed by atoms with van der Waals surface area (Å²) in [5, 5.41) is 13.0. The first-order valence-electron chi connectivity index (χ1n) is 5.78. The molecule has 1 fully saturated rings. The zero-order valence-corrected chi connectivity index (χ0v) is 11.1. The van der Waals surface area contributed by atoms with Gasteiger partial charge >= 0.3 is 5.82 Å². The van der Waals surface area contributed by atoms with Gasteiger partial charge in [-0.1, -0.05) is 0 Å². The van der Waals surface area contributed by atoms with Crippen LogP contribution in [0.3, 0.4) is 0 Å². The highest BCUT2D eigenvalue weighted by molar-refractivity contribution is 7.89. The molecule has 20 heavy (non-hydrogen) atoms. The molecular formula is C10H12N4O5S. The summed E-state index contributed by atoms with van der Waals surface area (Å²) in [7, 11) is -3.81. The van der Waals surface area contributed by atoms with Crippen LogP contribution in [0.15, 0.2) is 23.2 Å². The normalized spacial score (nSPS) is 19.4. The van der Waals surface area contributed by atoms with Crippen molar-refractivity contribution in [3.05, 3.63) is 28.4 Å². The highest BCUT2D eigenvalue weighted by Gasteiger charge is 2.25. The molecule has 1 aromatic rings. The molecule has 1 aliphatic heterocycles. The van der Waals surface area contributed by atoms with Crippen molar-refractivity contribution >= 4 is 21.7 Å². The molecule has 0 spiro atoms. The lowest BCUT2D eigenvalue weighted by atomic mass is 10.1. The van der Waals surface area contributed by atoms with Gasteiger partial charge in [-0.15, -0.1) is 0 Å². The predicted molar refractivity (Wildman–Crippen MR) is 67.2 cm³/mol. The molecule has 1 aromatic heterocycles. The quantitative estimate of drug-likeness (QED) is 0.571. The maximum absolute atomic E-state index is 12.0. The minimum Gasteiger partial charge on any atom is -0.358 e. The van der Waals surface area contributed by atoms with Crippen molar-refractivity contribution in [2.45, 2.75) is 23.8 Å². The van der Waals surface area contributed by atoms with E-state index in [1.807, 2.05) is 0 Å². The topological polar surface area (TPSA) is 131 Å². The van der Waals surface area contributed by atoms with Crippen molar-refractivity contribution in [1.29, 1.82) is 0 Å². The summed E-state index contributed by atoms with van der Waals surface area (Å²) in [6.07, 6.45) is 1.60. The Balaban J connectivity index is 2.10. The molecule has 2 rings (SSSR count). The summed E-state index contributed by atoms with van der Waals surface area (Å²) in [6.45, 7) is 0.221. The molecule has 1 unspecified atom stereocenters. The second-order valence-electron chi connectivity index (χ2n) is 4.27. The van der Waals surface area contributed by atoms with Gasteiger partial charge in [0.1, 0.15) is 4.90 Å². The molecule has 1 aliphatic rings. The number of carbonyl (C=O) groups is 1. The summed E-state index contributed by atoms with van der Waals surface area (Å²) in [6, 6.07) is 1.75. The molecule has 1 atom stereocenters. The summed E-state index contributed by atoms with van der Waals surface area (Å²) in [4.78, 5) is 24.0. The molecule has 2 N–H and O–H groups in total. The second-order valence-corrected chi connectivity index (χ2v) is 5.98. The Labute approximate surface area is 114 Å². The lowest BCUT2D eigenvalue weighted by Crippen LogP contribution is -2.47. The van der Waals surface area contributed by atoms with E-state index in [4.69, 9.17) is 0 Å². The highest BCUT2D eigenvalue weighted by atomic mass is 32.2. The Morgan fingerprint density at radius 1 is 1.45 bits per heavy atom. The number of sulfonamides is 1. The molecular weight excluding hydrogens is 288 g/mol. The van der Waals surface area contributed by atoms with Crippen LogP contribution in [0.4, 0.5) is 5.82 Å². The minimum absolute atomic E-state index is 0.113. The van der Waals surface area contributed by atoms with Crippen molar-refractivity contribution < 1.29 is 18.1 Å². The number of hydrogen-bond acceptors (Lipinski definition) is 6. The minimum atomic E-state index is -3.81. The summed E-state index contributed by atoms with van der Waals surface area (Å²) >= 11 is 0. The number of nitrogens with one attached hydrogen (secondary N) is 2. The lowest BCUT2D eigenvalue weighted by Gasteiger charge is -2.22. The lowest BCUT2D eigenvalue weighted by molar-refractivity contribution is -0.389. The van der Waals surface area contributed by atoms with Crippen molar-refractivity contribution in [2.24, 2.45) is 0 Å². The number of aromatic nitrogens is 1. The van der Waals surface area contributed by atoms with Crippen molar-refractivity contribution in [1.82, 2.24) is 15.0 Å². The molecule has 1 amide bonds. The van der Waals surface area contributed by atoms with Crippen molar-refractivity contribution in [2.75, 3.05) is 6.54 Å². The van der Waals surface area contributed by atoms with Crippen LogP contribution in [-0.4, -0.2) is 36.8 Å². The number of amides is 1. The number of nitrogens with zero attached hydrogens (tertiary/aromatic N) is 2. The third-order valence-corrected chi connectivity index (χ3v) is 4.31. The summed E-state index contributed by atoms with van der Waals surface area (Å²) < 4.78 is 26.5. The molecule has 0 bridgehead atoms. The Bertz CT molecular complexity index is 618. The molecule has 10 heteroatoms. The van der Waals surface area contributed by atoms with Crippen molar-refractivity contribution in [3.63, 3.8) is 0 Å². The Morgan fingerprint density at radius 2 is 2.20 bits per heavy atom. The van der Waals surface area contributed by atoms with E-state index in [1.165, 1.54) is 0 Å². The van der Waals surface area contributed by atoms with Crippen LogP contribution in [0.25, 0.3) is 0 Å². The van der Waals surface area contributed by atoms with E-state index in [0.29, 0.717) is 6.42 Å². The van der Waals surface area contributed by atoms with E-state index in [1.54, 1.807) is 0 Å². The third-order valence-electron chi connectivity index (χ3n) is 2.81. The number of pyridine rings is 1. The predicted octanol–water partition coefficient (Wildman–Crippen LogP) is -0.453. The van der Waals surface area contributed by atoms with Crippen LogP contribution in [0.1, 0.15) is 12.8 Å². The molecule has 9 nitrogen and oxygen atoms in total. The van der Waals surface area contributed by atoms with Gasteiger partial charge in [0, 0.05) is 25.1 Å². The summed E-state index contributed by atoms with van der Waals surface area (Å²) in [5.74, 6) is -0.536. The first-order chi connectivity index (χ1) is 9.38. The maximum Gasteiger partial charge on any atom is 0.363 e. The van der Waals surface area contributed by atoms with Crippen LogP contribution in [0.2, 0.25) is 0 Å². The number of piperidine rings is 1. The SMILES string of the molecule is O=C1CCC(NS(=O)(=O)c2ccc([N+](=O)[O-])nc2)CN1. The Morgan fingerprint density at radius 3 is 2.70 bits per heavy atom. The zero-order chi connectivity index (χ0) is 14.8. The van der Waals surface area contributed by atoms with Crippen molar-refractivity contribution in [3.8, 4) is 0 Å². The van der Waals surface area contributed by atoms with E-state index >= 15 is 0 Å². The van der Waals surface area contributed by atoms with E-state index in [0.717, 1.165) is 18.3 Å².